The molecule has 0 aliphatic rings. The normalized spacial score (nSPS) is 11.6. The number of fused-ring (bicyclic) bond motifs is 3. The number of aromatic nitrogens is 4. The highest BCUT2D eigenvalue weighted by Crippen LogP contribution is 2.47. The van der Waals surface area contributed by atoms with Crippen molar-refractivity contribution in [1.29, 1.82) is 0 Å². The number of rotatable bonds is 13. The second-order valence-electron chi connectivity index (χ2n) is 17.8. The van der Waals surface area contributed by atoms with E-state index in [4.69, 9.17) is 28.1 Å². The molecule has 5 heteroatoms. The molecule has 0 saturated heterocycles. The highest BCUT2D eigenvalue weighted by atomic mass is 15.2. The van der Waals surface area contributed by atoms with Crippen LogP contribution in [0.1, 0.15) is 13.8 Å². The maximum Gasteiger partial charge on any atom is 0.164 e. The van der Waals surface area contributed by atoms with E-state index in [1.165, 1.54) is 10.8 Å². The lowest BCUT2D eigenvalue weighted by molar-refractivity contribution is 1.07. The molecule has 0 radical (unpaired) electrons. The molecule has 0 fully saturated rings. The number of allylic oxidation sites excluding steroid dienone is 4. The number of para-hydroxylation sites is 2. The van der Waals surface area contributed by atoms with Gasteiger partial charge in [0, 0.05) is 55.7 Å². The molecule has 5 nitrogen and oxygen atoms in total. The number of anilines is 1. The van der Waals surface area contributed by atoms with Crippen LogP contribution in [0.15, 0.2) is 273 Å². The molecule has 72 heavy (non-hydrogen) atoms. The molecule has 0 bridgehead atoms. The summed E-state index contributed by atoms with van der Waals surface area (Å²) in [5, 5.41) is 2.40. The summed E-state index contributed by atoms with van der Waals surface area (Å²) in [5.74, 6) is 1.74. The van der Waals surface area contributed by atoms with E-state index in [1.807, 2.05) is 85.8 Å². The van der Waals surface area contributed by atoms with Gasteiger partial charge < -0.3 is 9.47 Å². The summed E-state index contributed by atoms with van der Waals surface area (Å²) in [6.07, 6.45) is 6.26. The Kier molecular flexibility index (Phi) is 12.4. The summed E-state index contributed by atoms with van der Waals surface area (Å²) in [5.41, 5.74) is 16.8. The lowest BCUT2D eigenvalue weighted by Gasteiger charge is -2.32. The third-order valence-corrected chi connectivity index (χ3v) is 13.1. The molecule has 0 unspecified atom stereocenters. The molecule has 0 saturated carbocycles. The van der Waals surface area contributed by atoms with Gasteiger partial charge in [-0.05, 0) is 83.6 Å². The van der Waals surface area contributed by atoms with E-state index in [0.29, 0.717) is 17.5 Å². The fraction of sp³-hybridized carbons (Fsp3) is 0.0299. The SMILES string of the molecule is C=C(/C=C\C)N(C(=C)/C=C(\C)n1c2ccccc2c2ccccc21)c1c(-c2ccc(-c3ccccc3)cc2)cc(-c2nc(-c3ccccc3)nc(-c3ccccc3)n2)cc1-c1ccc(-c2ccccc2)cc1. The largest absolute Gasteiger partial charge is 0.313 e. The zero-order valence-electron chi connectivity index (χ0n) is 40.3. The molecule has 0 amide bonds. The van der Waals surface area contributed by atoms with E-state index in [-0.39, 0.29) is 0 Å². The predicted octanol–water partition coefficient (Wildman–Crippen LogP) is 17.6. The summed E-state index contributed by atoms with van der Waals surface area (Å²) in [4.78, 5) is 17.8. The van der Waals surface area contributed by atoms with Crippen molar-refractivity contribution < 1.29 is 0 Å². The van der Waals surface area contributed by atoms with Gasteiger partial charge in [-0.3, -0.25) is 0 Å². The van der Waals surface area contributed by atoms with E-state index in [1.54, 1.807) is 0 Å². The molecule has 0 aliphatic carbocycles. The second-order valence-corrected chi connectivity index (χ2v) is 17.8. The predicted molar refractivity (Wildman–Crippen MR) is 303 cm³/mol. The maximum atomic E-state index is 5.27. The van der Waals surface area contributed by atoms with E-state index >= 15 is 0 Å². The van der Waals surface area contributed by atoms with Crippen molar-refractivity contribution in [2.75, 3.05) is 4.90 Å². The van der Waals surface area contributed by atoms with Crippen molar-refractivity contribution in [3.63, 3.8) is 0 Å². The van der Waals surface area contributed by atoms with Crippen molar-refractivity contribution in [2.24, 2.45) is 0 Å². The first-order chi connectivity index (χ1) is 35.4. The maximum absolute atomic E-state index is 5.27. The minimum absolute atomic E-state index is 0.554. The summed E-state index contributed by atoms with van der Waals surface area (Å²) < 4.78 is 2.33. The van der Waals surface area contributed by atoms with Gasteiger partial charge in [-0.25, -0.2) is 15.0 Å². The first-order valence-electron chi connectivity index (χ1n) is 24.3. The van der Waals surface area contributed by atoms with Gasteiger partial charge in [0.1, 0.15) is 0 Å². The molecule has 0 spiro atoms. The highest BCUT2D eigenvalue weighted by molar-refractivity contribution is 6.10. The Morgan fingerprint density at radius 2 is 0.750 bits per heavy atom. The molecule has 0 atom stereocenters. The van der Waals surface area contributed by atoms with Gasteiger partial charge in [-0.2, -0.15) is 0 Å². The van der Waals surface area contributed by atoms with Gasteiger partial charge in [-0.1, -0.05) is 225 Å². The average molecular weight is 926 g/mol. The highest BCUT2D eigenvalue weighted by Gasteiger charge is 2.25. The van der Waals surface area contributed by atoms with Crippen LogP contribution >= 0.6 is 0 Å². The first-order valence-corrected chi connectivity index (χ1v) is 24.3. The zero-order chi connectivity index (χ0) is 49.0. The van der Waals surface area contributed by atoms with Gasteiger partial charge in [-0.15, -0.1) is 0 Å². The van der Waals surface area contributed by atoms with Crippen molar-refractivity contribution in [3.05, 3.63) is 273 Å². The van der Waals surface area contributed by atoms with Crippen LogP contribution in [0.5, 0.6) is 0 Å². The number of hydrogen-bond acceptors (Lipinski definition) is 4. The summed E-state index contributed by atoms with van der Waals surface area (Å²) in [6.45, 7) is 13.9. The van der Waals surface area contributed by atoms with Crippen molar-refractivity contribution >= 4 is 33.2 Å². The molecule has 11 rings (SSSR count). The monoisotopic (exact) mass is 925 g/mol. The summed E-state index contributed by atoms with van der Waals surface area (Å²) in [7, 11) is 0. The van der Waals surface area contributed by atoms with Crippen LogP contribution in [0.25, 0.3) is 106 Å². The van der Waals surface area contributed by atoms with Gasteiger partial charge in [0.2, 0.25) is 0 Å². The van der Waals surface area contributed by atoms with Gasteiger partial charge in [0.15, 0.2) is 17.5 Å². The molecule has 11 aromatic rings. The van der Waals surface area contributed by atoms with Gasteiger partial charge in [0.25, 0.3) is 0 Å². The summed E-state index contributed by atoms with van der Waals surface area (Å²) in [6, 6.07) is 80.5. The Bertz CT molecular complexity index is 3600. The molecule has 9 aromatic carbocycles. The van der Waals surface area contributed by atoms with Crippen LogP contribution in [-0.2, 0) is 0 Å². The van der Waals surface area contributed by atoms with Crippen LogP contribution in [0.3, 0.4) is 0 Å². The fourth-order valence-electron chi connectivity index (χ4n) is 9.74. The molecule has 0 aliphatic heterocycles. The van der Waals surface area contributed by atoms with Gasteiger partial charge >= 0.3 is 0 Å². The third kappa shape index (κ3) is 8.87. The smallest absolute Gasteiger partial charge is 0.164 e. The minimum Gasteiger partial charge on any atom is -0.313 e. The first kappa shape index (κ1) is 45.0. The Labute approximate surface area is 421 Å². The molecular weight excluding hydrogens is 875 g/mol. The number of benzene rings is 9. The van der Waals surface area contributed by atoms with Crippen molar-refractivity contribution in [2.45, 2.75) is 13.8 Å². The van der Waals surface area contributed by atoms with E-state index in [2.05, 4.69) is 186 Å². The van der Waals surface area contributed by atoms with E-state index in [0.717, 1.165) is 95.0 Å². The Balaban J connectivity index is 1.19. The zero-order valence-corrected chi connectivity index (χ0v) is 40.3. The average Bonchev–Trinajstić information content (AvgIpc) is 3.79. The Hall–Kier alpha value is -9.45. The topological polar surface area (TPSA) is 46.8 Å². The van der Waals surface area contributed by atoms with Crippen LogP contribution < -0.4 is 4.90 Å². The second kappa shape index (κ2) is 19.9. The molecule has 344 valence electrons. The lowest BCUT2D eigenvalue weighted by atomic mass is 9.90. The quantitative estimate of drug-likeness (QED) is 0.108. The van der Waals surface area contributed by atoms with Crippen LogP contribution in [0, 0.1) is 0 Å². The van der Waals surface area contributed by atoms with Crippen molar-refractivity contribution in [3.8, 4) is 78.7 Å². The number of nitrogens with zero attached hydrogens (tertiary/aromatic N) is 5. The van der Waals surface area contributed by atoms with Crippen LogP contribution in [0.4, 0.5) is 5.69 Å². The summed E-state index contributed by atoms with van der Waals surface area (Å²) >= 11 is 0. The van der Waals surface area contributed by atoms with Gasteiger partial charge in [0.05, 0.1) is 16.7 Å². The van der Waals surface area contributed by atoms with Crippen molar-refractivity contribution in [1.82, 2.24) is 19.5 Å². The third-order valence-electron chi connectivity index (χ3n) is 13.1. The molecular formula is C67H51N5. The molecule has 2 aromatic heterocycles. The lowest BCUT2D eigenvalue weighted by Crippen LogP contribution is -2.21. The number of hydrogen-bond donors (Lipinski definition) is 0. The Morgan fingerprint density at radius 1 is 0.403 bits per heavy atom. The Morgan fingerprint density at radius 3 is 1.17 bits per heavy atom. The van der Waals surface area contributed by atoms with Crippen LogP contribution in [0.2, 0.25) is 0 Å². The van der Waals surface area contributed by atoms with Crippen LogP contribution in [-0.4, -0.2) is 19.5 Å². The molecule has 0 N–H and O–H groups in total. The fourth-order valence-corrected chi connectivity index (χ4v) is 9.74. The minimum atomic E-state index is 0.554. The van der Waals surface area contributed by atoms with E-state index in [9.17, 15) is 0 Å². The molecule has 2 heterocycles. The standard InChI is InChI=1S/C67H51N5/c1-5-22-46(2)71(47(3)43-48(4)72-62-33-20-18-31-58(62)59-32-19-21-34-63(59)72)64-60(53-39-35-51(36-40-53)49-23-10-6-11-24-49)44-57(45-61(64)54-41-37-52(38-42-54)50-25-12-7-13-26-50)67-69-65(55-27-14-8-15-28-55)68-66(70-67)56-29-16-9-17-30-56/h5-45H,2-3H2,1,4H3/b22-5-,48-43+. The van der Waals surface area contributed by atoms with E-state index < -0.39 is 0 Å².